The Balaban J connectivity index is 1.47. The molecule has 2 aromatic rings. The van der Waals surface area contributed by atoms with Crippen LogP contribution in [0.4, 0.5) is 9.80 Å². The number of hydrogen-bond acceptors (Lipinski definition) is 7. The predicted octanol–water partition coefficient (Wildman–Crippen LogP) is 3.59. The Bertz CT molecular complexity index is 964. The molecule has 0 aromatic carbocycles. The quantitative estimate of drug-likeness (QED) is 0.657. The highest BCUT2D eigenvalue weighted by molar-refractivity contribution is 7.17. The summed E-state index contributed by atoms with van der Waals surface area (Å²) in [5.41, 5.74) is 2.02. The summed E-state index contributed by atoms with van der Waals surface area (Å²) in [4.78, 5) is 20.3. The minimum atomic E-state index is -0.678. The zero-order valence-electron chi connectivity index (χ0n) is 16.1. The van der Waals surface area contributed by atoms with Crippen molar-refractivity contribution >= 4 is 22.4 Å². The molecule has 0 spiro atoms. The molecule has 0 unspecified atom stereocenters. The molecule has 3 N–H and O–H groups in total. The molecule has 29 heavy (non-hydrogen) atoms. The molecule has 2 fully saturated rings. The van der Waals surface area contributed by atoms with E-state index in [1.54, 1.807) is 11.3 Å². The lowest BCUT2D eigenvalue weighted by Crippen LogP contribution is -2.39. The molecule has 9 heteroatoms. The molecular weight excluding hydrogens is 392 g/mol. The van der Waals surface area contributed by atoms with Gasteiger partial charge in [0.25, 0.3) is 5.89 Å². The summed E-state index contributed by atoms with van der Waals surface area (Å²) in [5, 5.41) is 27.6. The van der Waals surface area contributed by atoms with E-state index in [1.807, 2.05) is 0 Å². The average molecular weight is 417 g/mol. The Labute approximate surface area is 172 Å². The lowest BCUT2D eigenvalue weighted by molar-refractivity contribution is 0.175. The number of β-amino-alcohol motifs (C(OH)–C–C–N with tert-alkyl or cyclic N) is 1. The molecule has 1 aliphatic heterocycles. The minimum Gasteiger partial charge on any atom is -0.511 e. The van der Waals surface area contributed by atoms with E-state index in [2.05, 4.69) is 22.0 Å². The molecule has 1 saturated carbocycles. The van der Waals surface area contributed by atoms with Gasteiger partial charge in [-0.2, -0.15) is 4.98 Å². The van der Waals surface area contributed by atoms with Crippen molar-refractivity contribution in [1.82, 2.24) is 15.0 Å². The molecular formula is C20H24N4O4S. The second-order valence-electron chi connectivity index (χ2n) is 8.13. The molecule has 2 aromatic heterocycles. The SMILES string of the molecule is C=C(O)[C@H]1C[C@H](O)CN1C(=O)Nc1sc2c(c1-c1nc(C3CC3)no1)CCCC2. The molecule has 1 saturated heterocycles. The van der Waals surface area contributed by atoms with Gasteiger partial charge in [-0.3, -0.25) is 5.32 Å². The van der Waals surface area contributed by atoms with Crippen molar-refractivity contribution in [3.63, 3.8) is 0 Å². The maximum atomic E-state index is 13.0. The summed E-state index contributed by atoms with van der Waals surface area (Å²) in [6, 6.07) is -0.962. The summed E-state index contributed by atoms with van der Waals surface area (Å²) in [6.45, 7) is 3.70. The number of anilines is 1. The first-order valence-electron chi connectivity index (χ1n) is 10.1. The first-order valence-corrected chi connectivity index (χ1v) is 10.9. The first kappa shape index (κ1) is 18.6. The molecule has 2 atom stereocenters. The highest BCUT2D eigenvalue weighted by Crippen LogP contribution is 2.45. The summed E-state index contributed by atoms with van der Waals surface area (Å²) < 4.78 is 5.59. The number of likely N-dealkylation sites (tertiary alicyclic amines) is 1. The summed E-state index contributed by atoms with van der Waals surface area (Å²) >= 11 is 1.55. The number of nitrogens with zero attached hydrogens (tertiary/aromatic N) is 3. The van der Waals surface area contributed by atoms with Gasteiger partial charge in [0, 0.05) is 23.8 Å². The van der Waals surface area contributed by atoms with Crippen LogP contribution in [-0.2, 0) is 12.8 Å². The standard InChI is InChI=1S/C20H24N4O4S/c1-10(25)14-8-12(26)9-24(14)20(27)22-19-16(13-4-2-3-5-15(13)29-19)18-21-17(23-28-18)11-6-7-11/h11-12,14,25-26H,1-9H2,(H,22,27)/t12-,14+/m0/s1. The smallest absolute Gasteiger partial charge is 0.323 e. The van der Waals surface area contributed by atoms with E-state index < -0.39 is 12.1 Å². The van der Waals surface area contributed by atoms with Crippen LogP contribution in [-0.4, -0.2) is 50.0 Å². The summed E-state index contributed by atoms with van der Waals surface area (Å²) in [5.74, 6) is 1.48. The van der Waals surface area contributed by atoms with E-state index in [0.717, 1.165) is 49.9 Å². The molecule has 3 heterocycles. The van der Waals surface area contributed by atoms with E-state index in [4.69, 9.17) is 4.52 Å². The summed E-state index contributed by atoms with van der Waals surface area (Å²) in [6.07, 6.45) is 5.91. The third kappa shape index (κ3) is 3.42. The van der Waals surface area contributed by atoms with Crippen LogP contribution in [0.1, 0.15) is 54.3 Å². The van der Waals surface area contributed by atoms with Gasteiger partial charge in [-0.05, 0) is 44.1 Å². The number of rotatable bonds is 4. The second-order valence-corrected chi connectivity index (χ2v) is 9.23. The molecule has 2 amide bonds. The van der Waals surface area contributed by atoms with Gasteiger partial charge in [0.05, 0.1) is 17.7 Å². The Morgan fingerprint density at radius 2 is 2.10 bits per heavy atom. The van der Waals surface area contributed by atoms with Gasteiger partial charge in [-0.15, -0.1) is 11.3 Å². The van der Waals surface area contributed by atoms with Crippen LogP contribution in [0.25, 0.3) is 11.5 Å². The van der Waals surface area contributed by atoms with Crippen LogP contribution in [0.5, 0.6) is 0 Å². The van der Waals surface area contributed by atoms with Gasteiger partial charge >= 0.3 is 6.03 Å². The Morgan fingerprint density at radius 3 is 2.86 bits per heavy atom. The maximum Gasteiger partial charge on any atom is 0.323 e. The van der Waals surface area contributed by atoms with Crippen molar-refractivity contribution in [2.45, 2.75) is 63.0 Å². The van der Waals surface area contributed by atoms with E-state index in [-0.39, 0.29) is 24.8 Å². The monoisotopic (exact) mass is 416 g/mol. The Hall–Kier alpha value is -2.39. The van der Waals surface area contributed by atoms with Gasteiger partial charge < -0.3 is 19.6 Å². The number of nitrogens with one attached hydrogen (secondary N) is 1. The Kier molecular flexibility index (Phi) is 4.59. The fourth-order valence-corrected chi connectivity index (χ4v) is 5.52. The zero-order chi connectivity index (χ0) is 20.1. The number of aryl methyl sites for hydroxylation is 1. The highest BCUT2D eigenvalue weighted by atomic mass is 32.1. The predicted molar refractivity (Wildman–Crippen MR) is 108 cm³/mol. The number of fused-ring (bicyclic) bond motifs is 1. The van der Waals surface area contributed by atoms with E-state index in [0.29, 0.717) is 16.8 Å². The van der Waals surface area contributed by atoms with Crippen LogP contribution in [0.3, 0.4) is 0 Å². The van der Waals surface area contributed by atoms with Crippen molar-refractivity contribution in [3.05, 3.63) is 28.6 Å². The zero-order valence-corrected chi connectivity index (χ0v) is 16.9. The fraction of sp³-hybridized carbons (Fsp3) is 0.550. The minimum absolute atomic E-state index is 0.117. The van der Waals surface area contributed by atoms with Crippen LogP contribution in [0.15, 0.2) is 16.9 Å². The van der Waals surface area contributed by atoms with Crippen LogP contribution in [0, 0.1) is 0 Å². The number of thiophene rings is 1. The third-order valence-corrected chi connectivity index (χ3v) is 7.12. The largest absolute Gasteiger partial charge is 0.511 e. The number of aliphatic hydroxyl groups is 2. The van der Waals surface area contributed by atoms with Gasteiger partial charge in [-0.25, -0.2) is 4.79 Å². The topological polar surface area (TPSA) is 112 Å². The molecule has 0 bridgehead atoms. The van der Waals surface area contributed by atoms with E-state index in [1.165, 1.54) is 15.3 Å². The maximum absolute atomic E-state index is 13.0. The average Bonchev–Trinajstić information content (AvgIpc) is 3.12. The number of carbonyl (C=O) groups is 1. The number of urea groups is 1. The van der Waals surface area contributed by atoms with Crippen molar-refractivity contribution in [2.75, 3.05) is 11.9 Å². The van der Waals surface area contributed by atoms with Gasteiger partial charge in [-0.1, -0.05) is 11.7 Å². The summed E-state index contributed by atoms with van der Waals surface area (Å²) in [7, 11) is 0. The fourth-order valence-electron chi connectivity index (χ4n) is 4.25. The lowest BCUT2D eigenvalue weighted by atomic mass is 9.95. The normalized spacial score (nSPS) is 23.8. The van der Waals surface area contributed by atoms with Gasteiger partial charge in [0.15, 0.2) is 5.82 Å². The molecule has 154 valence electrons. The number of carbonyl (C=O) groups excluding carboxylic acids is 1. The van der Waals surface area contributed by atoms with Crippen molar-refractivity contribution < 1.29 is 19.5 Å². The number of aliphatic hydroxyl groups excluding tert-OH is 2. The van der Waals surface area contributed by atoms with E-state index >= 15 is 0 Å². The van der Waals surface area contributed by atoms with Crippen molar-refractivity contribution in [2.24, 2.45) is 0 Å². The molecule has 8 nitrogen and oxygen atoms in total. The highest BCUT2D eigenvalue weighted by Gasteiger charge is 2.37. The van der Waals surface area contributed by atoms with Crippen molar-refractivity contribution in [3.8, 4) is 11.5 Å². The van der Waals surface area contributed by atoms with Crippen LogP contribution < -0.4 is 5.32 Å². The molecule has 3 aliphatic rings. The van der Waals surface area contributed by atoms with Crippen LogP contribution >= 0.6 is 11.3 Å². The van der Waals surface area contributed by atoms with Crippen molar-refractivity contribution in [1.29, 1.82) is 0 Å². The molecule has 0 radical (unpaired) electrons. The number of aromatic nitrogens is 2. The second kappa shape index (κ2) is 7.14. The molecule has 2 aliphatic carbocycles. The molecule has 5 rings (SSSR count). The Morgan fingerprint density at radius 1 is 1.31 bits per heavy atom. The third-order valence-electron chi connectivity index (χ3n) is 5.91. The van der Waals surface area contributed by atoms with E-state index in [9.17, 15) is 15.0 Å². The van der Waals surface area contributed by atoms with Gasteiger partial charge in [0.2, 0.25) is 0 Å². The lowest BCUT2D eigenvalue weighted by Gasteiger charge is -2.23. The van der Waals surface area contributed by atoms with Crippen LogP contribution in [0.2, 0.25) is 0 Å². The number of amides is 2. The van der Waals surface area contributed by atoms with Gasteiger partial charge in [0.1, 0.15) is 10.8 Å². The number of hydrogen-bond donors (Lipinski definition) is 3. The first-order chi connectivity index (χ1) is 14.0.